The molecule has 0 saturated carbocycles. The molecule has 0 atom stereocenters. The minimum Gasteiger partial charge on any atom is -0.496 e. The molecule has 0 aliphatic rings. The van der Waals surface area contributed by atoms with Gasteiger partial charge in [-0.25, -0.2) is 4.79 Å². The third-order valence-corrected chi connectivity index (χ3v) is 4.72. The number of carbonyl (C=O) groups is 1. The number of benzene rings is 2. The highest BCUT2D eigenvalue weighted by molar-refractivity contribution is 8.03. The first-order valence-electron chi connectivity index (χ1n) is 7.52. The van der Waals surface area contributed by atoms with E-state index in [2.05, 4.69) is 10.2 Å². The molecule has 1 heterocycles. The van der Waals surface area contributed by atoms with E-state index in [1.165, 1.54) is 13.2 Å². The second kappa shape index (κ2) is 8.47. The summed E-state index contributed by atoms with van der Waals surface area (Å²) in [7, 11) is 1.49. The second-order valence-electron chi connectivity index (χ2n) is 5.18. The Morgan fingerprint density at radius 1 is 1.15 bits per heavy atom. The smallest absolute Gasteiger partial charge is 0.342 e. The van der Waals surface area contributed by atoms with Crippen LogP contribution >= 0.6 is 35.0 Å². The first-order valence-corrected chi connectivity index (χ1v) is 9.09. The van der Waals surface area contributed by atoms with E-state index in [9.17, 15) is 9.90 Å². The molecule has 27 heavy (non-hydrogen) atoms. The molecule has 9 heteroatoms. The SMILES string of the molecule is COc1ccc(Cl)cc1/C=C(\Sc1nnc(-c2ccc(Cl)cc2)o1)C(=O)O. The van der Waals surface area contributed by atoms with Crippen LogP contribution in [0.2, 0.25) is 10.0 Å². The van der Waals surface area contributed by atoms with E-state index in [1.54, 1.807) is 42.5 Å². The predicted octanol–water partition coefficient (Wildman–Crippen LogP) is 5.27. The molecule has 6 nitrogen and oxygen atoms in total. The highest BCUT2D eigenvalue weighted by Gasteiger charge is 2.17. The molecule has 2 aromatic carbocycles. The number of thioether (sulfide) groups is 1. The van der Waals surface area contributed by atoms with Crippen LogP contribution in [-0.2, 0) is 4.79 Å². The molecule has 1 N–H and O–H groups in total. The van der Waals surface area contributed by atoms with E-state index in [-0.39, 0.29) is 16.0 Å². The van der Waals surface area contributed by atoms with Gasteiger partial charge in [-0.15, -0.1) is 10.2 Å². The number of methoxy groups -OCH3 is 1. The van der Waals surface area contributed by atoms with Crippen molar-refractivity contribution in [2.45, 2.75) is 5.22 Å². The molecule has 3 aromatic rings. The number of rotatable bonds is 6. The van der Waals surface area contributed by atoms with Crippen LogP contribution in [0.5, 0.6) is 5.75 Å². The number of hydrogen-bond acceptors (Lipinski definition) is 6. The number of aliphatic carboxylic acids is 1. The van der Waals surface area contributed by atoms with E-state index in [4.69, 9.17) is 32.4 Å². The lowest BCUT2D eigenvalue weighted by Gasteiger charge is -2.06. The van der Waals surface area contributed by atoms with Gasteiger partial charge in [-0.05, 0) is 60.3 Å². The zero-order valence-electron chi connectivity index (χ0n) is 13.8. The lowest BCUT2D eigenvalue weighted by molar-refractivity contribution is -0.131. The maximum Gasteiger partial charge on any atom is 0.342 e. The molecule has 0 unspecified atom stereocenters. The van der Waals surface area contributed by atoms with E-state index in [0.717, 1.165) is 11.8 Å². The van der Waals surface area contributed by atoms with Crippen molar-refractivity contribution >= 4 is 47.0 Å². The van der Waals surface area contributed by atoms with Crippen LogP contribution in [0.1, 0.15) is 5.56 Å². The highest BCUT2D eigenvalue weighted by atomic mass is 35.5. The molecule has 0 aliphatic carbocycles. The molecule has 0 spiro atoms. The lowest BCUT2D eigenvalue weighted by atomic mass is 10.2. The third-order valence-electron chi connectivity index (χ3n) is 3.38. The molecule has 138 valence electrons. The number of carboxylic acids is 1. The summed E-state index contributed by atoms with van der Waals surface area (Å²) in [4.78, 5) is 11.6. The average Bonchev–Trinajstić information content (AvgIpc) is 3.10. The van der Waals surface area contributed by atoms with Crippen molar-refractivity contribution in [3.05, 3.63) is 63.0 Å². The standard InChI is InChI=1S/C18H12Cl2N2O4S/c1-25-14-7-6-13(20)8-11(14)9-15(17(23)24)27-18-22-21-16(26-18)10-2-4-12(19)5-3-10/h2-9H,1H3,(H,23,24)/b15-9-. The fourth-order valence-corrected chi connectivity index (χ4v) is 3.12. The van der Waals surface area contributed by atoms with Crippen molar-refractivity contribution < 1.29 is 19.1 Å². The summed E-state index contributed by atoms with van der Waals surface area (Å²) in [5.74, 6) is -0.390. The largest absolute Gasteiger partial charge is 0.496 e. The summed E-state index contributed by atoms with van der Waals surface area (Å²) in [6, 6.07) is 11.8. The van der Waals surface area contributed by atoms with Crippen LogP contribution in [0.4, 0.5) is 0 Å². The highest BCUT2D eigenvalue weighted by Crippen LogP contribution is 2.32. The maximum absolute atomic E-state index is 11.6. The van der Waals surface area contributed by atoms with Crippen LogP contribution in [0.25, 0.3) is 17.5 Å². The van der Waals surface area contributed by atoms with Gasteiger partial charge in [0.05, 0.1) is 7.11 Å². The zero-order valence-corrected chi connectivity index (χ0v) is 16.2. The topological polar surface area (TPSA) is 85.5 Å². The molecule has 0 fully saturated rings. The third kappa shape index (κ3) is 4.82. The number of hydrogen-bond donors (Lipinski definition) is 1. The van der Waals surface area contributed by atoms with Gasteiger partial charge in [-0.3, -0.25) is 0 Å². The molecule has 0 aliphatic heterocycles. The Hall–Kier alpha value is -2.48. The van der Waals surface area contributed by atoms with Crippen molar-refractivity contribution in [2.75, 3.05) is 7.11 Å². The molecule has 0 saturated heterocycles. The number of aromatic nitrogens is 2. The van der Waals surface area contributed by atoms with Gasteiger partial charge < -0.3 is 14.3 Å². The van der Waals surface area contributed by atoms with Crippen LogP contribution in [-0.4, -0.2) is 28.4 Å². The number of halogens is 2. The Kier molecular flexibility index (Phi) is 6.05. The first-order chi connectivity index (χ1) is 13.0. The Balaban J connectivity index is 1.89. The molecular weight excluding hydrogens is 411 g/mol. The summed E-state index contributed by atoms with van der Waals surface area (Å²) < 4.78 is 10.8. The monoisotopic (exact) mass is 422 g/mol. The van der Waals surface area contributed by atoms with Crippen LogP contribution < -0.4 is 4.74 Å². The quantitative estimate of drug-likeness (QED) is 0.427. The van der Waals surface area contributed by atoms with Crippen LogP contribution in [0.3, 0.4) is 0 Å². The number of nitrogens with zero attached hydrogens (tertiary/aromatic N) is 2. The fourth-order valence-electron chi connectivity index (χ4n) is 2.15. The summed E-state index contributed by atoms with van der Waals surface area (Å²) in [6.07, 6.45) is 1.43. The Bertz CT molecular complexity index is 1000. The molecule has 0 radical (unpaired) electrons. The maximum atomic E-state index is 11.6. The van der Waals surface area contributed by atoms with Gasteiger partial charge in [0.25, 0.3) is 5.22 Å². The zero-order chi connectivity index (χ0) is 19.4. The average molecular weight is 423 g/mol. The van der Waals surface area contributed by atoms with Gasteiger partial charge in [0.2, 0.25) is 5.89 Å². The minimum atomic E-state index is -1.15. The van der Waals surface area contributed by atoms with Crippen molar-refractivity contribution in [2.24, 2.45) is 0 Å². The van der Waals surface area contributed by atoms with Crippen molar-refractivity contribution in [3.8, 4) is 17.2 Å². The fraction of sp³-hybridized carbons (Fsp3) is 0.0556. The predicted molar refractivity (Wildman–Crippen MR) is 104 cm³/mol. The summed E-state index contributed by atoms with van der Waals surface area (Å²) in [6.45, 7) is 0. The molecular formula is C18H12Cl2N2O4S. The molecule has 1 aromatic heterocycles. The Morgan fingerprint density at radius 2 is 1.85 bits per heavy atom. The molecule has 0 amide bonds. The lowest BCUT2D eigenvalue weighted by Crippen LogP contribution is -1.97. The first kappa shape index (κ1) is 19.3. The summed E-state index contributed by atoms with van der Waals surface area (Å²) in [5.41, 5.74) is 1.20. The van der Waals surface area contributed by atoms with E-state index >= 15 is 0 Å². The van der Waals surface area contributed by atoms with E-state index in [0.29, 0.717) is 26.9 Å². The number of ether oxygens (including phenoxy) is 1. The van der Waals surface area contributed by atoms with Gasteiger partial charge in [0, 0.05) is 21.2 Å². The molecule has 0 bridgehead atoms. The summed E-state index contributed by atoms with van der Waals surface area (Å²) in [5, 5.41) is 18.5. The van der Waals surface area contributed by atoms with Crippen LogP contribution in [0, 0.1) is 0 Å². The van der Waals surface area contributed by atoms with Gasteiger partial charge in [-0.1, -0.05) is 23.2 Å². The minimum absolute atomic E-state index is 0.0260. The Morgan fingerprint density at radius 3 is 2.52 bits per heavy atom. The molecule has 3 rings (SSSR count). The van der Waals surface area contributed by atoms with Crippen molar-refractivity contribution in [1.29, 1.82) is 0 Å². The summed E-state index contributed by atoms with van der Waals surface area (Å²) >= 11 is 12.7. The van der Waals surface area contributed by atoms with Crippen molar-refractivity contribution in [3.63, 3.8) is 0 Å². The van der Waals surface area contributed by atoms with Gasteiger partial charge in [-0.2, -0.15) is 0 Å². The van der Waals surface area contributed by atoms with E-state index in [1.807, 2.05) is 0 Å². The van der Waals surface area contributed by atoms with Gasteiger partial charge in [0.1, 0.15) is 10.7 Å². The van der Waals surface area contributed by atoms with Crippen LogP contribution in [0.15, 0.2) is 57.0 Å². The van der Waals surface area contributed by atoms with Gasteiger partial charge >= 0.3 is 5.97 Å². The number of carboxylic acid groups (broad SMARTS) is 1. The second-order valence-corrected chi connectivity index (χ2v) is 7.05. The Labute approximate surface area is 168 Å². The van der Waals surface area contributed by atoms with Crippen molar-refractivity contribution in [1.82, 2.24) is 10.2 Å². The van der Waals surface area contributed by atoms with E-state index < -0.39 is 5.97 Å². The van der Waals surface area contributed by atoms with Gasteiger partial charge in [0.15, 0.2) is 0 Å². The normalized spacial score (nSPS) is 11.4.